The third-order valence-corrected chi connectivity index (χ3v) is 7.22. The Labute approximate surface area is 202 Å². The van der Waals surface area contributed by atoms with Crippen molar-refractivity contribution in [3.63, 3.8) is 0 Å². The average molecular weight is 458 g/mol. The van der Waals surface area contributed by atoms with Crippen LogP contribution in [-0.4, -0.2) is 48.7 Å². The monoisotopic (exact) mass is 457 g/mol. The van der Waals surface area contributed by atoms with Crippen molar-refractivity contribution in [2.75, 3.05) is 33.3 Å². The van der Waals surface area contributed by atoms with E-state index in [9.17, 15) is 4.79 Å². The third-order valence-electron chi connectivity index (χ3n) is 7.22. The van der Waals surface area contributed by atoms with E-state index in [4.69, 9.17) is 4.74 Å². The van der Waals surface area contributed by atoms with E-state index in [-0.39, 0.29) is 5.91 Å². The molecule has 2 heterocycles. The molecule has 178 valence electrons. The summed E-state index contributed by atoms with van der Waals surface area (Å²) in [6, 6.07) is 18.7. The number of carbonyl (C=O) groups is 1. The van der Waals surface area contributed by atoms with E-state index in [0.29, 0.717) is 12.1 Å². The Kier molecular flexibility index (Phi) is 7.00. The van der Waals surface area contributed by atoms with E-state index >= 15 is 0 Å². The fourth-order valence-electron chi connectivity index (χ4n) is 5.36. The molecule has 5 rings (SSSR count). The molecule has 0 unspecified atom stereocenters. The molecule has 2 aromatic carbocycles. The highest BCUT2D eigenvalue weighted by molar-refractivity contribution is 5.94. The summed E-state index contributed by atoms with van der Waals surface area (Å²) in [6.45, 7) is 3.94. The van der Waals surface area contributed by atoms with Crippen molar-refractivity contribution in [1.29, 1.82) is 0 Å². The highest BCUT2D eigenvalue weighted by Gasteiger charge is 2.20. The van der Waals surface area contributed by atoms with E-state index < -0.39 is 0 Å². The van der Waals surface area contributed by atoms with E-state index in [1.54, 1.807) is 7.11 Å². The van der Waals surface area contributed by atoms with Gasteiger partial charge in [0.1, 0.15) is 5.75 Å². The van der Waals surface area contributed by atoms with Gasteiger partial charge < -0.3 is 19.5 Å². The lowest BCUT2D eigenvalue weighted by Crippen LogP contribution is -2.33. The number of aromatic nitrogens is 1. The van der Waals surface area contributed by atoms with Crippen LogP contribution in [0.1, 0.15) is 53.7 Å². The molecule has 1 aromatic heterocycles. The van der Waals surface area contributed by atoms with Crippen molar-refractivity contribution in [2.24, 2.45) is 0 Å². The lowest BCUT2D eigenvalue weighted by atomic mass is 10.1. The predicted octanol–water partition coefficient (Wildman–Crippen LogP) is 5.25. The van der Waals surface area contributed by atoms with E-state index in [1.165, 1.54) is 49.1 Å². The number of rotatable bonds is 7. The average Bonchev–Trinajstić information content (AvgIpc) is 3.46. The predicted molar refractivity (Wildman–Crippen MR) is 137 cm³/mol. The van der Waals surface area contributed by atoms with Crippen molar-refractivity contribution in [3.8, 4) is 22.7 Å². The first kappa shape index (κ1) is 22.7. The van der Waals surface area contributed by atoms with E-state index in [2.05, 4.69) is 45.1 Å². The Bertz CT molecular complexity index is 1130. The van der Waals surface area contributed by atoms with Gasteiger partial charge in [-0.05, 0) is 99.6 Å². The first-order valence-electron chi connectivity index (χ1n) is 12.7. The Balaban J connectivity index is 1.40. The summed E-state index contributed by atoms with van der Waals surface area (Å²) in [5.41, 5.74) is 7.00. The van der Waals surface area contributed by atoms with Crippen LogP contribution in [0.2, 0.25) is 0 Å². The zero-order valence-corrected chi connectivity index (χ0v) is 20.2. The Morgan fingerprint density at radius 2 is 1.74 bits per heavy atom. The van der Waals surface area contributed by atoms with Gasteiger partial charge in [0, 0.05) is 35.6 Å². The van der Waals surface area contributed by atoms with Gasteiger partial charge in [0.2, 0.25) is 0 Å². The number of hydrogen-bond acceptors (Lipinski definition) is 3. The quantitative estimate of drug-likeness (QED) is 0.493. The number of ether oxygens (including phenoxy) is 1. The molecule has 0 spiro atoms. The van der Waals surface area contributed by atoms with Crippen LogP contribution in [0.4, 0.5) is 0 Å². The molecule has 1 aliphatic heterocycles. The van der Waals surface area contributed by atoms with Gasteiger partial charge in [0.15, 0.2) is 0 Å². The summed E-state index contributed by atoms with van der Waals surface area (Å²) >= 11 is 0. The molecule has 1 aliphatic carbocycles. The zero-order chi connectivity index (χ0) is 23.3. The molecule has 1 amide bonds. The van der Waals surface area contributed by atoms with Crippen LogP contribution in [0.3, 0.4) is 0 Å². The first-order chi connectivity index (χ1) is 16.7. The van der Waals surface area contributed by atoms with Gasteiger partial charge in [-0.25, -0.2) is 0 Å². The van der Waals surface area contributed by atoms with Crippen molar-refractivity contribution in [3.05, 3.63) is 71.4 Å². The van der Waals surface area contributed by atoms with Crippen molar-refractivity contribution in [1.82, 2.24) is 14.8 Å². The second-order valence-electron chi connectivity index (χ2n) is 9.48. The van der Waals surface area contributed by atoms with Crippen LogP contribution < -0.4 is 10.1 Å². The summed E-state index contributed by atoms with van der Waals surface area (Å²) in [5.74, 6) is 0.867. The van der Waals surface area contributed by atoms with Crippen LogP contribution in [0.15, 0.2) is 54.6 Å². The summed E-state index contributed by atoms with van der Waals surface area (Å²) in [6.07, 6.45) is 8.48. The number of nitrogens with one attached hydrogen (secondary N) is 1. The molecule has 34 heavy (non-hydrogen) atoms. The van der Waals surface area contributed by atoms with Gasteiger partial charge in [-0.3, -0.25) is 4.79 Å². The first-order valence-corrected chi connectivity index (χ1v) is 12.7. The van der Waals surface area contributed by atoms with Gasteiger partial charge in [-0.1, -0.05) is 18.6 Å². The maximum atomic E-state index is 12.7. The SMILES string of the molecule is COc1cccc(-c2cc3c(n2-c2ccc(C(=O)NCCN4CCCC4)cc2)CCCCC3)c1. The standard InChI is InChI=1S/C29H35N3O2/c1-34-26-10-7-9-23(20-26)28-21-24-8-3-2-4-11-27(24)32(28)25-14-12-22(13-15-25)29(33)30-16-19-31-17-5-6-18-31/h7,9-10,12-15,20-21H,2-6,8,11,16-19H2,1H3,(H,30,33). The zero-order valence-electron chi connectivity index (χ0n) is 20.2. The number of likely N-dealkylation sites (tertiary alicyclic amines) is 1. The van der Waals surface area contributed by atoms with Crippen molar-refractivity contribution in [2.45, 2.75) is 44.9 Å². The number of fused-ring (bicyclic) bond motifs is 1. The summed E-state index contributed by atoms with van der Waals surface area (Å²) in [5, 5.41) is 3.09. The Morgan fingerprint density at radius 3 is 2.53 bits per heavy atom. The number of nitrogens with zero attached hydrogens (tertiary/aromatic N) is 2. The molecule has 5 nitrogen and oxygen atoms in total. The molecule has 0 atom stereocenters. The van der Waals surface area contributed by atoms with E-state index in [1.807, 2.05) is 24.3 Å². The van der Waals surface area contributed by atoms with Gasteiger partial charge in [-0.2, -0.15) is 0 Å². The number of methoxy groups -OCH3 is 1. The molecule has 0 bridgehead atoms. The molecule has 1 N–H and O–H groups in total. The van der Waals surface area contributed by atoms with E-state index in [0.717, 1.165) is 49.5 Å². The summed E-state index contributed by atoms with van der Waals surface area (Å²) in [4.78, 5) is 15.1. The van der Waals surface area contributed by atoms with Crippen molar-refractivity contribution < 1.29 is 9.53 Å². The van der Waals surface area contributed by atoms with Gasteiger partial charge >= 0.3 is 0 Å². The minimum Gasteiger partial charge on any atom is -0.497 e. The topological polar surface area (TPSA) is 46.5 Å². The molecular weight excluding hydrogens is 422 g/mol. The van der Waals surface area contributed by atoms with Crippen LogP contribution >= 0.6 is 0 Å². The molecule has 1 fully saturated rings. The molecule has 2 aliphatic rings. The maximum absolute atomic E-state index is 12.7. The van der Waals surface area contributed by atoms with Gasteiger partial charge in [-0.15, -0.1) is 0 Å². The minimum atomic E-state index is 0.00472. The molecule has 5 heteroatoms. The number of hydrogen-bond donors (Lipinski definition) is 1. The molecule has 0 radical (unpaired) electrons. The van der Waals surface area contributed by atoms with Gasteiger partial charge in [0.05, 0.1) is 12.8 Å². The highest BCUT2D eigenvalue weighted by atomic mass is 16.5. The molecule has 1 saturated heterocycles. The maximum Gasteiger partial charge on any atom is 0.251 e. The molecule has 0 saturated carbocycles. The van der Waals surface area contributed by atoms with Crippen LogP contribution in [0.25, 0.3) is 16.9 Å². The van der Waals surface area contributed by atoms with Crippen molar-refractivity contribution >= 4 is 5.91 Å². The Hall–Kier alpha value is -3.05. The van der Waals surface area contributed by atoms with Crippen LogP contribution in [0, 0.1) is 0 Å². The fourth-order valence-corrected chi connectivity index (χ4v) is 5.36. The molecular formula is C29H35N3O2. The number of aryl methyl sites for hydroxylation is 1. The summed E-state index contributed by atoms with van der Waals surface area (Å²) in [7, 11) is 1.71. The lowest BCUT2D eigenvalue weighted by molar-refractivity contribution is 0.0950. The lowest BCUT2D eigenvalue weighted by Gasteiger charge is -2.16. The largest absolute Gasteiger partial charge is 0.497 e. The fraction of sp³-hybridized carbons (Fsp3) is 0.414. The number of amides is 1. The Morgan fingerprint density at radius 1 is 0.941 bits per heavy atom. The van der Waals surface area contributed by atoms with Gasteiger partial charge in [0.25, 0.3) is 5.91 Å². The highest BCUT2D eigenvalue weighted by Crippen LogP contribution is 2.34. The minimum absolute atomic E-state index is 0.00472. The smallest absolute Gasteiger partial charge is 0.251 e. The van der Waals surface area contributed by atoms with Crippen LogP contribution in [-0.2, 0) is 12.8 Å². The van der Waals surface area contributed by atoms with Crippen LogP contribution in [0.5, 0.6) is 5.75 Å². The number of carbonyl (C=O) groups excluding carboxylic acids is 1. The second-order valence-corrected chi connectivity index (χ2v) is 9.48. The normalized spacial score (nSPS) is 16.1. The summed E-state index contributed by atoms with van der Waals surface area (Å²) < 4.78 is 7.89. The second kappa shape index (κ2) is 10.5. The molecule has 3 aromatic rings. The third kappa shape index (κ3) is 4.90. The number of benzene rings is 2.